The van der Waals surface area contributed by atoms with Gasteiger partial charge in [0.1, 0.15) is 13.2 Å². The van der Waals surface area contributed by atoms with E-state index in [4.69, 9.17) is 14.2 Å². The molecule has 0 aliphatic rings. The highest BCUT2D eigenvalue weighted by atomic mass is 16.6. The zero-order valence-corrected chi connectivity index (χ0v) is 51.0. The Kier molecular flexibility index (Phi) is 62.2. The van der Waals surface area contributed by atoms with E-state index in [9.17, 15) is 14.4 Å². The van der Waals surface area contributed by atoms with Gasteiger partial charge in [-0.25, -0.2) is 0 Å². The number of hydrogen-bond donors (Lipinski definition) is 0. The van der Waals surface area contributed by atoms with E-state index in [0.29, 0.717) is 19.3 Å². The van der Waals surface area contributed by atoms with E-state index in [2.05, 4.69) is 106 Å². The molecule has 0 aromatic carbocycles. The van der Waals surface area contributed by atoms with Crippen molar-refractivity contribution in [1.29, 1.82) is 0 Å². The summed E-state index contributed by atoms with van der Waals surface area (Å²) in [5.41, 5.74) is 0. The van der Waals surface area contributed by atoms with Gasteiger partial charge in [0.15, 0.2) is 6.10 Å². The molecule has 0 N–H and O–H groups in total. The number of hydrogen-bond acceptors (Lipinski definition) is 6. The fourth-order valence-electron chi connectivity index (χ4n) is 9.34. The van der Waals surface area contributed by atoms with Gasteiger partial charge < -0.3 is 14.2 Å². The van der Waals surface area contributed by atoms with Crippen LogP contribution in [0.4, 0.5) is 0 Å². The third-order valence-electron chi connectivity index (χ3n) is 14.3. The minimum atomic E-state index is -0.787. The Morgan fingerprint density at radius 2 is 0.494 bits per heavy atom. The Labute approximate surface area is 477 Å². The molecule has 6 heteroatoms. The van der Waals surface area contributed by atoms with Crippen LogP contribution < -0.4 is 0 Å². The molecule has 0 saturated carbocycles. The minimum absolute atomic E-state index is 0.0825. The largest absolute Gasteiger partial charge is 0.462 e. The third-order valence-corrected chi connectivity index (χ3v) is 14.3. The standard InChI is InChI=1S/C71H124O6/c1-4-7-10-13-16-19-22-25-27-29-31-32-33-34-35-36-37-38-40-41-43-46-49-52-55-58-61-64-70(73)76-67-68(66-75-69(72)63-60-57-54-51-48-45-24-21-18-15-12-9-6-3)77-71(74)65-62-59-56-53-50-47-44-42-39-30-28-26-23-20-17-14-11-8-5-2/h12,15,17,20-22,24-26,28-29,31,33-34,68H,4-11,13-14,16,18-19,23,27,30,32,35-67H2,1-3H3/b15-12-,20-17-,24-21-,25-22-,28-26-,31-29-,34-33-. The number of unbranched alkanes of at least 4 members (excludes halogenated alkanes) is 35. The number of ether oxygens (including phenoxy) is 3. The van der Waals surface area contributed by atoms with Crippen molar-refractivity contribution in [1.82, 2.24) is 0 Å². The van der Waals surface area contributed by atoms with Gasteiger partial charge in [0.2, 0.25) is 0 Å². The van der Waals surface area contributed by atoms with Crippen LogP contribution in [-0.4, -0.2) is 37.2 Å². The van der Waals surface area contributed by atoms with E-state index < -0.39 is 6.10 Å². The fraction of sp³-hybridized carbons (Fsp3) is 0.761. The lowest BCUT2D eigenvalue weighted by Crippen LogP contribution is -2.30. The number of carbonyl (C=O) groups excluding carboxylic acids is 3. The summed E-state index contributed by atoms with van der Waals surface area (Å²) in [7, 11) is 0. The normalized spacial score (nSPS) is 12.6. The van der Waals surface area contributed by atoms with E-state index in [0.717, 1.165) is 103 Å². The molecule has 0 heterocycles. The Morgan fingerprint density at radius 3 is 0.805 bits per heavy atom. The van der Waals surface area contributed by atoms with Gasteiger partial charge >= 0.3 is 17.9 Å². The van der Waals surface area contributed by atoms with Crippen LogP contribution in [0.1, 0.15) is 329 Å². The van der Waals surface area contributed by atoms with Gasteiger partial charge in [-0.3, -0.25) is 14.4 Å². The lowest BCUT2D eigenvalue weighted by Gasteiger charge is -2.18. The molecule has 0 aliphatic carbocycles. The molecular weight excluding hydrogens is 949 g/mol. The van der Waals surface area contributed by atoms with Crippen LogP contribution >= 0.6 is 0 Å². The highest BCUT2D eigenvalue weighted by molar-refractivity contribution is 5.71. The smallest absolute Gasteiger partial charge is 0.306 e. The second-order valence-electron chi connectivity index (χ2n) is 22.0. The summed E-state index contributed by atoms with van der Waals surface area (Å²) in [6.45, 7) is 6.55. The molecule has 0 aromatic rings. The number of carbonyl (C=O) groups is 3. The van der Waals surface area contributed by atoms with Crippen molar-refractivity contribution in [2.24, 2.45) is 0 Å². The van der Waals surface area contributed by atoms with E-state index in [-0.39, 0.29) is 31.1 Å². The van der Waals surface area contributed by atoms with Gasteiger partial charge in [-0.2, -0.15) is 0 Å². The van der Waals surface area contributed by atoms with Crippen LogP contribution in [-0.2, 0) is 28.6 Å². The van der Waals surface area contributed by atoms with Crippen LogP contribution in [0.5, 0.6) is 0 Å². The lowest BCUT2D eigenvalue weighted by molar-refractivity contribution is -0.167. The van der Waals surface area contributed by atoms with E-state index in [1.807, 2.05) is 0 Å². The van der Waals surface area contributed by atoms with Crippen molar-refractivity contribution in [3.05, 3.63) is 85.1 Å². The summed E-state index contributed by atoms with van der Waals surface area (Å²) in [5, 5.41) is 0. The number of allylic oxidation sites excluding steroid dienone is 14. The van der Waals surface area contributed by atoms with Crippen molar-refractivity contribution in [3.8, 4) is 0 Å². The lowest BCUT2D eigenvalue weighted by atomic mass is 10.0. The van der Waals surface area contributed by atoms with E-state index in [1.165, 1.54) is 186 Å². The predicted octanol–water partition coefficient (Wildman–Crippen LogP) is 22.7. The highest BCUT2D eigenvalue weighted by Gasteiger charge is 2.19. The predicted molar refractivity (Wildman–Crippen MR) is 334 cm³/mol. The number of rotatable bonds is 60. The molecule has 444 valence electrons. The van der Waals surface area contributed by atoms with Crippen LogP contribution in [0.3, 0.4) is 0 Å². The zero-order chi connectivity index (χ0) is 55.7. The van der Waals surface area contributed by atoms with Crippen LogP contribution in [0.25, 0.3) is 0 Å². The molecule has 1 unspecified atom stereocenters. The second-order valence-corrected chi connectivity index (χ2v) is 22.0. The Balaban J connectivity index is 4.29. The van der Waals surface area contributed by atoms with Gasteiger partial charge in [-0.15, -0.1) is 0 Å². The molecule has 0 bridgehead atoms. The molecule has 0 rings (SSSR count). The molecule has 0 amide bonds. The van der Waals surface area contributed by atoms with Crippen molar-refractivity contribution in [2.45, 2.75) is 335 Å². The summed E-state index contributed by atoms with van der Waals surface area (Å²) >= 11 is 0. The molecule has 0 fully saturated rings. The first-order valence-electron chi connectivity index (χ1n) is 33.1. The Morgan fingerprint density at radius 1 is 0.260 bits per heavy atom. The Hall–Kier alpha value is -3.41. The van der Waals surface area contributed by atoms with E-state index in [1.54, 1.807) is 0 Å². The molecular formula is C71H124O6. The first-order chi connectivity index (χ1) is 38.0. The van der Waals surface area contributed by atoms with Crippen molar-refractivity contribution >= 4 is 17.9 Å². The molecule has 0 saturated heterocycles. The van der Waals surface area contributed by atoms with Gasteiger partial charge in [-0.05, 0) is 116 Å². The first-order valence-corrected chi connectivity index (χ1v) is 33.1. The quantitative estimate of drug-likeness (QED) is 0.0261. The van der Waals surface area contributed by atoms with Crippen molar-refractivity contribution < 1.29 is 28.6 Å². The summed E-state index contributed by atoms with van der Waals surface area (Å²) < 4.78 is 16.9. The van der Waals surface area contributed by atoms with E-state index >= 15 is 0 Å². The molecule has 0 radical (unpaired) electrons. The molecule has 0 aliphatic heterocycles. The summed E-state index contributed by atoms with van der Waals surface area (Å²) in [6.07, 6.45) is 85.9. The molecule has 0 spiro atoms. The maximum Gasteiger partial charge on any atom is 0.306 e. The van der Waals surface area contributed by atoms with Gasteiger partial charge in [0.05, 0.1) is 0 Å². The van der Waals surface area contributed by atoms with Gasteiger partial charge in [-0.1, -0.05) is 279 Å². The molecule has 1 atom stereocenters. The summed E-state index contributed by atoms with van der Waals surface area (Å²) in [6, 6.07) is 0. The fourth-order valence-corrected chi connectivity index (χ4v) is 9.34. The molecule has 0 aromatic heterocycles. The van der Waals surface area contributed by atoms with Crippen molar-refractivity contribution in [3.63, 3.8) is 0 Å². The zero-order valence-electron chi connectivity index (χ0n) is 51.0. The van der Waals surface area contributed by atoms with Crippen molar-refractivity contribution in [2.75, 3.05) is 13.2 Å². The molecule has 77 heavy (non-hydrogen) atoms. The van der Waals surface area contributed by atoms with Crippen LogP contribution in [0, 0.1) is 0 Å². The minimum Gasteiger partial charge on any atom is -0.462 e. The average Bonchev–Trinajstić information content (AvgIpc) is 3.43. The van der Waals surface area contributed by atoms with Crippen LogP contribution in [0.2, 0.25) is 0 Å². The maximum atomic E-state index is 12.9. The van der Waals surface area contributed by atoms with Crippen LogP contribution in [0.15, 0.2) is 85.1 Å². The maximum absolute atomic E-state index is 12.9. The van der Waals surface area contributed by atoms with Gasteiger partial charge in [0.25, 0.3) is 0 Å². The highest BCUT2D eigenvalue weighted by Crippen LogP contribution is 2.16. The first kappa shape index (κ1) is 73.6. The monoisotopic (exact) mass is 1070 g/mol. The topological polar surface area (TPSA) is 78.9 Å². The average molecular weight is 1070 g/mol. The molecule has 6 nitrogen and oxygen atoms in total. The third kappa shape index (κ3) is 63.3. The SMILES string of the molecule is CCC/C=C\C/C=C\CCCCCCCC(=O)OCC(COC(=O)CCCCCCCCCCCCCC/C=C\C/C=C\C/C=C\CCCCCCC)OC(=O)CCCCCCCCCCC/C=C\C/C=C\CCCCC. The summed E-state index contributed by atoms with van der Waals surface area (Å²) in [4.78, 5) is 38.3. The second kappa shape index (κ2) is 65.1. The van der Waals surface area contributed by atoms with Gasteiger partial charge in [0, 0.05) is 19.3 Å². The number of esters is 3. The Bertz CT molecular complexity index is 1470. The summed E-state index contributed by atoms with van der Waals surface area (Å²) in [5.74, 6) is -0.891.